The molecule has 0 spiro atoms. The number of hydrogen-bond donors (Lipinski definition) is 0. The molecule has 0 aliphatic heterocycles. The number of rotatable bonds is 3. The summed E-state index contributed by atoms with van der Waals surface area (Å²) in [4.78, 5) is 4.00. The summed E-state index contributed by atoms with van der Waals surface area (Å²) in [5.41, 5.74) is 0. The Balaban J connectivity index is 2.82. The van der Waals surface area contributed by atoms with Crippen LogP contribution in [0.25, 0.3) is 0 Å². The molecule has 1 rings (SSSR count). The van der Waals surface area contributed by atoms with Crippen LogP contribution in [0.3, 0.4) is 0 Å². The van der Waals surface area contributed by atoms with Crippen LogP contribution in [0.1, 0.15) is 0 Å². The first-order valence-electron chi connectivity index (χ1n) is 2.66. The van der Waals surface area contributed by atoms with Crippen molar-refractivity contribution < 1.29 is 0 Å². The van der Waals surface area contributed by atoms with E-state index in [9.17, 15) is 0 Å². The lowest BCUT2D eigenvalue weighted by Gasteiger charge is -2.06. The first-order chi connectivity index (χ1) is 4.88. The summed E-state index contributed by atoms with van der Waals surface area (Å²) < 4.78 is 0. The van der Waals surface area contributed by atoms with Crippen molar-refractivity contribution in [3.63, 3.8) is 0 Å². The van der Waals surface area contributed by atoms with Crippen molar-refractivity contribution in [3.8, 4) is 0 Å². The molecule has 10 heavy (non-hydrogen) atoms. The Kier molecular flexibility index (Phi) is 2.17. The summed E-state index contributed by atoms with van der Waals surface area (Å²) in [7, 11) is 0. The molecule has 1 aromatic rings. The summed E-state index contributed by atoms with van der Waals surface area (Å²) in [6.07, 6.45) is 3.27. The Morgan fingerprint density at radius 1 is 1.80 bits per heavy atom. The molecule has 0 radical (unpaired) electrons. The lowest BCUT2D eigenvalue weighted by Crippen LogP contribution is -2.04. The van der Waals surface area contributed by atoms with Crippen molar-refractivity contribution in [2.45, 2.75) is 0 Å². The van der Waals surface area contributed by atoms with E-state index in [0.717, 1.165) is 5.13 Å². The molecule has 0 amide bonds. The molecule has 1 aromatic heterocycles. The minimum absolute atomic E-state index is 0.782. The first-order valence-corrected chi connectivity index (χ1v) is 3.54. The Hall–Kier alpha value is -1.16. The fourth-order valence-corrected chi connectivity index (χ4v) is 1.13. The van der Waals surface area contributed by atoms with Crippen molar-refractivity contribution in [1.82, 2.24) is 4.98 Å². The SMILES string of the molecule is C=CN(N=C)c1nccs1. The lowest BCUT2D eigenvalue weighted by molar-refractivity contribution is 1.07. The minimum atomic E-state index is 0.782. The zero-order valence-corrected chi connectivity index (χ0v) is 6.21. The van der Waals surface area contributed by atoms with Gasteiger partial charge >= 0.3 is 0 Å². The van der Waals surface area contributed by atoms with Crippen LogP contribution >= 0.6 is 11.3 Å². The summed E-state index contributed by atoms with van der Waals surface area (Å²) >= 11 is 1.49. The standard InChI is InChI=1S/C6H7N3S/c1-3-9(7-2)6-8-4-5-10-6/h3-5H,1-2H2. The van der Waals surface area contributed by atoms with Crippen LogP contribution in [0.15, 0.2) is 29.5 Å². The molecule has 1 heterocycles. The Bertz CT molecular complexity index is 209. The highest BCUT2D eigenvalue weighted by Gasteiger charge is 1.99. The Morgan fingerprint density at radius 2 is 2.60 bits per heavy atom. The van der Waals surface area contributed by atoms with Gasteiger partial charge in [0, 0.05) is 24.5 Å². The minimum Gasteiger partial charge on any atom is -0.227 e. The van der Waals surface area contributed by atoms with Crippen LogP contribution in [0.2, 0.25) is 0 Å². The fourth-order valence-electron chi connectivity index (χ4n) is 0.525. The molecule has 52 valence electrons. The van der Waals surface area contributed by atoms with E-state index in [1.54, 1.807) is 12.4 Å². The van der Waals surface area contributed by atoms with Gasteiger partial charge in [0.1, 0.15) is 0 Å². The van der Waals surface area contributed by atoms with E-state index in [4.69, 9.17) is 0 Å². The topological polar surface area (TPSA) is 28.5 Å². The fraction of sp³-hybridized carbons (Fsp3) is 0. The molecule has 0 fully saturated rings. The van der Waals surface area contributed by atoms with Gasteiger partial charge in [-0.15, -0.1) is 11.3 Å². The largest absolute Gasteiger partial charge is 0.227 e. The van der Waals surface area contributed by atoms with Crippen LogP contribution in [0, 0.1) is 0 Å². The molecule has 0 aromatic carbocycles. The van der Waals surface area contributed by atoms with Crippen molar-refractivity contribution in [1.29, 1.82) is 0 Å². The molecule has 0 atom stereocenters. The number of thiazole rings is 1. The Labute approximate surface area is 63.3 Å². The number of aromatic nitrogens is 1. The molecule has 0 N–H and O–H groups in total. The highest BCUT2D eigenvalue weighted by molar-refractivity contribution is 7.13. The summed E-state index contributed by atoms with van der Waals surface area (Å²) in [5, 5.41) is 7.84. The van der Waals surface area contributed by atoms with E-state index >= 15 is 0 Å². The second-order valence-electron chi connectivity index (χ2n) is 1.48. The molecule has 0 saturated carbocycles. The van der Waals surface area contributed by atoms with E-state index in [1.165, 1.54) is 16.3 Å². The third kappa shape index (κ3) is 1.22. The van der Waals surface area contributed by atoms with Gasteiger partial charge in [-0.25, -0.2) is 9.99 Å². The monoisotopic (exact) mass is 153 g/mol. The molecule has 0 saturated heterocycles. The van der Waals surface area contributed by atoms with Crippen LogP contribution in [0.5, 0.6) is 0 Å². The smallest absolute Gasteiger partial charge is 0.210 e. The molecule has 0 unspecified atom stereocenters. The molecule has 4 heteroatoms. The second kappa shape index (κ2) is 3.12. The third-order valence-electron chi connectivity index (χ3n) is 0.941. The summed E-state index contributed by atoms with van der Waals surface area (Å²) in [6.45, 7) is 6.91. The number of anilines is 1. The number of hydrogen-bond acceptors (Lipinski definition) is 4. The van der Waals surface area contributed by atoms with Crippen LogP contribution in [0.4, 0.5) is 5.13 Å². The molecule has 3 nitrogen and oxygen atoms in total. The van der Waals surface area contributed by atoms with Gasteiger partial charge in [0.15, 0.2) is 0 Å². The van der Waals surface area contributed by atoms with Gasteiger partial charge in [0.25, 0.3) is 0 Å². The van der Waals surface area contributed by atoms with Crippen molar-refractivity contribution in [2.75, 3.05) is 5.01 Å². The van der Waals surface area contributed by atoms with E-state index in [2.05, 4.69) is 23.4 Å². The normalized spacial score (nSPS) is 8.80. The van der Waals surface area contributed by atoms with Gasteiger partial charge in [0.05, 0.1) is 0 Å². The summed E-state index contributed by atoms with van der Waals surface area (Å²) in [6, 6.07) is 0. The van der Waals surface area contributed by atoms with Crippen LogP contribution in [-0.4, -0.2) is 11.7 Å². The zero-order valence-electron chi connectivity index (χ0n) is 5.40. The van der Waals surface area contributed by atoms with E-state index in [0.29, 0.717) is 0 Å². The van der Waals surface area contributed by atoms with Crippen molar-refractivity contribution in [3.05, 3.63) is 24.4 Å². The maximum Gasteiger partial charge on any atom is 0.210 e. The predicted molar refractivity (Wildman–Crippen MR) is 44.3 cm³/mol. The third-order valence-corrected chi connectivity index (χ3v) is 1.70. The zero-order chi connectivity index (χ0) is 7.40. The van der Waals surface area contributed by atoms with Gasteiger partial charge in [-0.2, -0.15) is 5.10 Å². The molecular formula is C6H7N3S. The first kappa shape index (κ1) is 6.95. The Morgan fingerprint density at radius 3 is 3.00 bits per heavy atom. The lowest BCUT2D eigenvalue weighted by atomic mass is 10.9. The average Bonchev–Trinajstić information content (AvgIpc) is 2.43. The van der Waals surface area contributed by atoms with E-state index < -0.39 is 0 Å². The van der Waals surface area contributed by atoms with E-state index in [1.807, 2.05) is 5.38 Å². The maximum atomic E-state index is 4.00. The molecule has 0 aliphatic rings. The quantitative estimate of drug-likeness (QED) is 0.488. The van der Waals surface area contributed by atoms with Gasteiger partial charge in [-0.1, -0.05) is 6.58 Å². The van der Waals surface area contributed by atoms with Crippen molar-refractivity contribution in [2.24, 2.45) is 5.10 Å². The van der Waals surface area contributed by atoms with Gasteiger partial charge in [0.2, 0.25) is 5.13 Å². The maximum absolute atomic E-state index is 4.00. The van der Waals surface area contributed by atoms with Gasteiger partial charge in [-0.3, -0.25) is 0 Å². The van der Waals surface area contributed by atoms with Crippen molar-refractivity contribution >= 4 is 23.2 Å². The summed E-state index contributed by atoms with van der Waals surface area (Å²) in [5.74, 6) is 0. The average molecular weight is 153 g/mol. The number of nitrogens with zero attached hydrogens (tertiary/aromatic N) is 3. The highest BCUT2D eigenvalue weighted by Crippen LogP contribution is 2.16. The van der Waals surface area contributed by atoms with Crippen LogP contribution < -0.4 is 5.01 Å². The van der Waals surface area contributed by atoms with E-state index in [-0.39, 0.29) is 0 Å². The van der Waals surface area contributed by atoms with Gasteiger partial charge < -0.3 is 0 Å². The predicted octanol–water partition coefficient (Wildman–Crippen LogP) is 1.71. The molecule has 0 bridgehead atoms. The molecule has 0 aliphatic carbocycles. The highest BCUT2D eigenvalue weighted by atomic mass is 32.1. The van der Waals surface area contributed by atoms with Crippen LogP contribution in [-0.2, 0) is 0 Å². The second-order valence-corrected chi connectivity index (χ2v) is 2.36. The van der Waals surface area contributed by atoms with Gasteiger partial charge in [-0.05, 0) is 0 Å². The molecular weight excluding hydrogens is 146 g/mol. The number of hydrazone groups is 1.